The van der Waals surface area contributed by atoms with Gasteiger partial charge in [0.05, 0.1) is 11.4 Å². The molecule has 4 heteroatoms. The lowest BCUT2D eigenvalue weighted by molar-refractivity contribution is 0.323. The van der Waals surface area contributed by atoms with Crippen molar-refractivity contribution in [3.63, 3.8) is 0 Å². The van der Waals surface area contributed by atoms with Crippen molar-refractivity contribution < 1.29 is 4.74 Å². The maximum atomic E-state index is 5.65. The molecule has 1 aliphatic rings. The molecule has 0 radical (unpaired) electrons. The van der Waals surface area contributed by atoms with E-state index in [0.717, 1.165) is 40.9 Å². The molecule has 3 aromatic rings. The van der Waals surface area contributed by atoms with Crippen LogP contribution in [0, 0.1) is 13.8 Å². The fraction of sp³-hybridized carbons (Fsp3) is 0.211. The van der Waals surface area contributed by atoms with Gasteiger partial charge in [0.2, 0.25) is 0 Å². The summed E-state index contributed by atoms with van der Waals surface area (Å²) in [7, 11) is 0. The number of fused-ring (bicyclic) bond motifs is 1. The molecule has 0 atom stereocenters. The van der Waals surface area contributed by atoms with Crippen molar-refractivity contribution in [2.24, 2.45) is 0 Å². The monoisotopic (exact) mass is 322 g/mol. The third kappa shape index (κ3) is 2.70. The van der Waals surface area contributed by atoms with Crippen LogP contribution in [0.3, 0.4) is 0 Å². The number of benzene rings is 2. The Labute approximate surface area is 140 Å². The van der Waals surface area contributed by atoms with Crippen molar-refractivity contribution in [1.82, 2.24) is 4.98 Å². The predicted octanol–water partition coefficient (Wildman–Crippen LogP) is 4.90. The van der Waals surface area contributed by atoms with Crippen molar-refractivity contribution in [2.75, 3.05) is 18.5 Å². The number of rotatable bonds is 2. The van der Waals surface area contributed by atoms with Gasteiger partial charge >= 0.3 is 0 Å². The first kappa shape index (κ1) is 14.3. The summed E-state index contributed by atoms with van der Waals surface area (Å²) in [5, 5.41) is 4.46. The molecular formula is C19H18N2OS. The Morgan fingerprint density at radius 2 is 1.83 bits per heavy atom. The first-order valence-electron chi connectivity index (χ1n) is 7.76. The minimum atomic E-state index is 0.722. The highest BCUT2D eigenvalue weighted by Crippen LogP contribution is 2.37. The van der Waals surface area contributed by atoms with Crippen molar-refractivity contribution in [3.05, 3.63) is 52.9 Å². The molecule has 2 heterocycles. The molecule has 1 aliphatic heterocycles. The molecule has 3 nitrogen and oxygen atoms in total. The molecule has 1 aromatic heterocycles. The fourth-order valence-electron chi connectivity index (χ4n) is 2.77. The van der Waals surface area contributed by atoms with Crippen LogP contribution in [-0.2, 0) is 0 Å². The third-order valence-corrected chi connectivity index (χ3v) is 5.04. The van der Waals surface area contributed by atoms with E-state index in [-0.39, 0.29) is 0 Å². The van der Waals surface area contributed by atoms with Crippen LogP contribution in [0.4, 0.5) is 5.69 Å². The molecule has 1 N–H and O–H groups in total. The van der Waals surface area contributed by atoms with Gasteiger partial charge in [-0.2, -0.15) is 0 Å². The van der Waals surface area contributed by atoms with Crippen LogP contribution in [0.1, 0.15) is 10.4 Å². The van der Waals surface area contributed by atoms with Gasteiger partial charge in [0.15, 0.2) is 0 Å². The summed E-state index contributed by atoms with van der Waals surface area (Å²) < 4.78 is 5.65. The van der Waals surface area contributed by atoms with E-state index >= 15 is 0 Å². The number of ether oxygens (including phenoxy) is 1. The second-order valence-electron chi connectivity index (χ2n) is 5.78. The summed E-state index contributed by atoms with van der Waals surface area (Å²) in [6.45, 7) is 5.80. The zero-order chi connectivity index (χ0) is 15.8. The van der Waals surface area contributed by atoms with Crippen molar-refractivity contribution in [3.8, 4) is 27.6 Å². The van der Waals surface area contributed by atoms with E-state index in [1.165, 1.54) is 16.0 Å². The SMILES string of the molecule is Cc1ccc(-c2nc(-c3ccc4c(c3)NCCO4)c(C)s2)cc1. The van der Waals surface area contributed by atoms with Crippen molar-refractivity contribution in [2.45, 2.75) is 13.8 Å². The maximum absolute atomic E-state index is 5.65. The van der Waals surface area contributed by atoms with Gasteiger partial charge in [0, 0.05) is 22.5 Å². The fourth-order valence-corrected chi connectivity index (χ4v) is 3.71. The summed E-state index contributed by atoms with van der Waals surface area (Å²) in [6, 6.07) is 14.8. The van der Waals surface area contributed by atoms with Crippen LogP contribution < -0.4 is 10.1 Å². The van der Waals surface area contributed by atoms with Crippen LogP contribution >= 0.6 is 11.3 Å². The minimum Gasteiger partial charge on any atom is -0.490 e. The lowest BCUT2D eigenvalue weighted by Crippen LogP contribution is -2.17. The lowest BCUT2D eigenvalue weighted by atomic mass is 10.1. The summed E-state index contributed by atoms with van der Waals surface area (Å²) in [5.41, 5.74) is 5.69. The highest BCUT2D eigenvalue weighted by molar-refractivity contribution is 7.15. The molecule has 0 unspecified atom stereocenters. The van der Waals surface area contributed by atoms with E-state index in [0.29, 0.717) is 0 Å². The smallest absolute Gasteiger partial charge is 0.142 e. The van der Waals surface area contributed by atoms with Crippen LogP contribution in [0.5, 0.6) is 5.75 Å². The molecule has 0 saturated heterocycles. The highest BCUT2D eigenvalue weighted by Gasteiger charge is 2.15. The predicted molar refractivity (Wildman–Crippen MR) is 96.4 cm³/mol. The van der Waals surface area contributed by atoms with Gasteiger partial charge in [-0.25, -0.2) is 4.98 Å². The number of nitrogens with one attached hydrogen (secondary N) is 1. The molecule has 0 spiro atoms. The van der Waals surface area contributed by atoms with E-state index in [1.54, 1.807) is 11.3 Å². The first-order valence-corrected chi connectivity index (χ1v) is 8.58. The quantitative estimate of drug-likeness (QED) is 0.729. The Hall–Kier alpha value is -2.33. The number of anilines is 1. The third-order valence-electron chi connectivity index (χ3n) is 4.02. The van der Waals surface area contributed by atoms with Crippen LogP contribution in [-0.4, -0.2) is 18.1 Å². The molecule has 4 rings (SSSR count). The van der Waals surface area contributed by atoms with E-state index in [9.17, 15) is 0 Å². The average molecular weight is 322 g/mol. The molecule has 2 aromatic carbocycles. The average Bonchev–Trinajstić information content (AvgIpc) is 2.97. The Bertz CT molecular complexity index is 852. The number of nitrogens with zero attached hydrogens (tertiary/aromatic N) is 1. The lowest BCUT2D eigenvalue weighted by Gasteiger charge is -2.19. The molecule has 23 heavy (non-hydrogen) atoms. The van der Waals surface area contributed by atoms with Crippen molar-refractivity contribution >= 4 is 17.0 Å². The number of hydrogen-bond donors (Lipinski definition) is 1. The largest absolute Gasteiger partial charge is 0.490 e. The molecule has 0 aliphatic carbocycles. The van der Waals surface area contributed by atoms with Gasteiger partial charge < -0.3 is 10.1 Å². The second-order valence-corrected chi connectivity index (χ2v) is 6.98. The zero-order valence-electron chi connectivity index (χ0n) is 13.2. The van der Waals surface area contributed by atoms with Gasteiger partial charge in [0.1, 0.15) is 17.4 Å². The molecular weight excluding hydrogens is 304 g/mol. The normalized spacial score (nSPS) is 13.1. The number of hydrogen-bond acceptors (Lipinski definition) is 4. The van der Waals surface area contributed by atoms with E-state index in [1.807, 2.05) is 6.07 Å². The Morgan fingerprint density at radius 1 is 1.04 bits per heavy atom. The van der Waals surface area contributed by atoms with Crippen LogP contribution in [0.2, 0.25) is 0 Å². The van der Waals surface area contributed by atoms with E-state index in [4.69, 9.17) is 9.72 Å². The molecule has 0 amide bonds. The number of thiazole rings is 1. The first-order chi connectivity index (χ1) is 11.2. The van der Waals surface area contributed by atoms with Gasteiger partial charge in [-0.15, -0.1) is 11.3 Å². The van der Waals surface area contributed by atoms with E-state index in [2.05, 4.69) is 55.6 Å². The van der Waals surface area contributed by atoms with Gasteiger partial charge in [-0.1, -0.05) is 29.8 Å². The van der Waals surface area contributed by atoms with Crippen LogP contribution in [0.15, 0.2) is 42.5 Å². The molecule has 116 valence electrons. The zero-order valence-corrected chi connectivity index (χ0v) is 14.0. The summed E-state index contributed by atoms with van der Waals surface area (Å²) in [6.07, 6.45) is 0. The highest BCUT2D eigenvalue weighted by atomic mass is 32.1. The number of aromatic nitrogens is 1. The van der Waals surface area contributed by atoms with E-state index < -0.39 is 0 Å². The van der Waals surface area contributed by atoms with Crippen LogP contribution in [0.25, 0.3) is 21.8 Å². The summed E-state index contributed by atoms with van der Waals surface area (Å²) in [4.78, 5) is 6.11. The topological polar surface area (TPSA) is 34.2 Å². The van der Waals surface area contributed by atoms with Crippen molar-refractivity contribution in [1.29, 1.82) is 0 Å². The second kappa shape index (κ2) is 5.70. The molecule has 0 fully saturated rings. The summed E-state index contributed by atoms with van der Waals surface area (Å²) in [5.74, 6) is 0.923. The Balaban J connectivity index is 1.73. The molecule has 0 bridgehead atoms. The Morgan fingerprint density at radius 3 is 2.65 bits per heavy atom. The number of aryl methyl sites for hydroxylation is 2. The van der Waals surface area contributed by atoms with Gasteiger partial charge in [-0.3, -0.25) is 0 Å². The van der Waals surface area contributed by atoms with Gasteiger partial charge in [0.25, 0.3) is 0 Å². The standard InChI is InChI=1S/C19H18N2OS/c1-12-3-5-14(6-4-12)19-21-18(13(2)23-19)15-7-8-17-16(11-15)20-9-10-22-17/h3-8,11,20H,9-10H2,1-2H3. The van der Waals surface area contributed by atoms with Gasteiger partial charge in [-0.05, 0) is 32.0 Å². The molecule has 0 saturated carbocycles. The maximum Gasteiger partial charge on any atom is 0.142 e. The minimum absolute atomic E-state index is 0.722. The Kier molecular flexibility index (Phi) is 3.54. The summed E-state index contributed by atoms with van der Waals surface area (Å²) >= 11 is 1.74.